The van der Waals surface area contributed by atoms with Crippen LogP contribution in [0.5, 0.6) is 10.9 Å². The van der Waals surface area contributed by atoms with Gasteiger partial charge in [0.1, 0.15) is 5.82 Å². The quantitative estimate of drug-likeness (QED) is 0.666. The second-order valence-electron chi connectivity index (χ2n) is 4.54. The molecule has 1 aliphatic rings. The maximum Gasteiger partial charge on any atom is 0.335 e. The van der Waals surface area contributed by atoms with Gasteiger partial charge in [0.05, 0.1) is 10.5 Å². The van der Waals surface area contributed by atoms with Crippen molar-refractivity contribution in [2.45, 2.75) is 18.8 Å². The summed E-state index contributed by atoms with van der Waals surface area (Å²) in [5.74, 6) is -0.324. The molecule has 1 aromatic carbocycles. The van der Waals surface area contributed by atoms with E-state index in [2.05, 4.69) is 9.36 Å². The summed E-state index contributed by atoms with van der Waals surface area (Å²) in [6.07, 6.45) is 2.07. The normalized spacial score (nSPS) is 13.9. The SMILES string of the molecule is O=C(O)c1ccc([N+](=O)[O-])c(Oc2nc(C3CC3)ns2)c1. The first-order valence-corrected chi connectivity index (χ1v) is 6.85. The smallest absolute Gasteiger partial charge is 0.335 e. The first kappa shape index (κ1) is 13.4. The van der Waals surface area contributed by atoms with Gasteiger partial charge in [0.15, 0.2) is 0 Å². The fraction of sp³-hybridized carbons (Fsp3) is 0.250. The summed E-state index contributed by atoms with van der Waals surface area (Å²) < 4.78 is 9.49. The number of carbonyl (C=O) groups is 1. The van der Waals surface area contributed by atoms with Crippen LogP contribution in [0.25, 0.3) is 0 Å². The van der Waals surface area contributed by atoms with Crippen molar-refractivity contribution in [3.05, 3.63) is 39.7 Å². The number of hydrogen-bond donors (Lipinski definition) is 1. The van der Waals surface area contributed by atoms with E-state index in [1.807, 2.05) is 0 Å². The average Bonchev–Trinajstić information content (AvgIpc) is 3.19. The third-order valence-electron chi connectivity index (χ3n) is 2.97. The molecule has 21 heavy (non-hydrogen) atoms. The molecule has 2 aromatic rings. The van der Waals surface area contributed by atoms with Crippen molar-refractivity contribution in [1.82, 2.24) is 9.36 Å². The van der Waals surface area contributed by atoms with E-state index in [4.69, 9.17) is 9.84 Å². The fourth-order valence-electron chi connectivity index (χ4n) is 1.74. The minimum Gasteiger partial charge on any atom is -0.478 e. The van der Waals surface area contributed by atoms with Gasteiger partial charge in [-0.1, -0.05) is 0 Å². The van der Waals surface area contributed by atoms with Gasteiger partial charge in [-0.3, -0.25) is 10.1 Å². The molecular weight excluding hydrogens is 298 g/mol. The van der Waals surface area contributed by atoms with Gasteiger partial charge in [-0.2, -0.15) is 9.36 Å². The van der Waals surface area contributed by atoms with Crippen LogP contribution in [0.4, 0.5) is 5.69 Å². The number of nitro groups is 1. The number of aromatic carboxylic acids is 1. The predicted octanol–water partition coefficient (Wildman–Crippen LogP) is 2.81. The molecule has 108 valence electrons. The average molecular weight is 307 g/mol. The zero-order chi connectivity index (χ0) is 15.0. The van der Waals surface area contributed by atoms with Crippen LogP contribution in [0.2, 0.25) is 0 Å². The molecule has 1 fully saturated rings. The van der Waals surface area contributed by atoms with Gasteiger partial charge in [-0.05, 0) is 18.9 Å². The number of carboxylic acid groups (broad SMARTS) is 1. The van der Waals surface area contributed by atoms with Crippen LogP contribution in [0.3, 0.4) is 0 Å². The Labute approximate surface area is 122 Å². The Morgan fingerprint density at radius 3 is 2.86 bits per heavy atom. The molecule has 0 unspecified atom stereocenters. The summed E-state index contributed by atoms with van der Waals surface area (Å²) in [4.78, 5) is 25.4. The lowest BCUT2D eigenvalue weighted by Crippen LogP contribution is -1.99. The number of nitro benzene ring substituents is 1. The molecule has 1 N–H and O–H groups in total. The van der Waals surface area contributed by atoms with E-state index in [9.17, 15) is 14.9 Å². The molecule has 1 aliphatic carbocycles. The van der Waals surface area contributed by atoms with Crippen LogP contribution in [0.1, 0.15) is 34.9 Å². The molecule has 0 atom stereocenters. The predicted molar refractivity (Wildman–Crippen MR) is 72.0 cm³/mol. The van der Waals surface area contributed by atoms with Gasteiger partial charge < -0.3 is 9.84 Å². The van der Waals surface area contributed by atoms with Gasteiger partial charge >= 0.3 is 11.7 Å². The van der Waals surface area contributed by atoms with Crippen LogP contribution < -0.4 is 4.74 Å². The Bertz CT molecular complexity index is 725. The molecule has 1 saturated carbocycles. The van der Waals surface area contributed by atoms with Crippen molar-refractivity contribution in [3.63, 3.8) is 0 Å². The van der Waals surface area contributed by atoms with Crippen molar-refractivity contribution in [3.8, 4) is 10.9 Å². The number of hydrogen-bond acceptors (Lipinski definition) is 7. The lowest BCUT2D eigenvalue weighted by molar-refractivity contribution is -0.385. The van der Waals surface area contributed by atoms with Crippen molar-refractivity contribution in [2.24, 2.45) is 0 Å². The number of ether oxygens (including phenoxy) is 1. The molecule has 1 aromatic heterocycles. The molecule has 9 heteroatoms. The second-order valence-corrected chi connectivity index (χ2v) is 5.25. The maximum atomic E-state index is 11.0. The minimum absolute atomic E-state index is 0.0949. The van der Waals surface area contributed by atoms with E-state index in [-0.39, 0.29) is 22.2 Å². The van der Waals surface area contributed by atoms with E-state index in [0.717, 1.165) is 42.6 Å². The molecule has 0 amide bonds. The van der Waals surface area contributed by atoms with E-state index in [1.165, 1.54) is 0 Å². The highest BCUT2D eigenvalue weighted by Gasteiger charge is 2.28. The Balaban J connectivity index is 1.92. The molecule has 0 aliphatic heterocycles. The summed E-state index contributed by atoms with van der Waals surface area (Å²) in [7, 11) is 0. The molecule has 8 nitrogen and oxygen atoms in total. The topological polar surface area (TPSA) is 115 Å². The van der Waals surface area contributed by atoms with Crippen molar-refractivity contribution in [1.29, 1.82) is 0 Å². The molecule has 0 spiro atoms. The standard InChI is InChI=1S/C12H9N3O5S/c16-11(17)7-3-4-8(15(18)19)9(5-7)20-12-13-10(14-21-12)6-1-2-6/h3-6H,1-2H2,(H,16,17). The van der Waals surface area contributed by atoms with Gasteiger partial charge in [0.25, 0.3) is 5.19 Å². The summed E-state index contributed by atoms with van der Waals surface area (Å²) in [5.41, 5.74) is -0.411. The van der Waals surface area contributed by atoms with Crippen molar-refractivity contribution in [2.75, 3.05) is 0 Å². The number of rotatable bonds is 5. The molecular formula is C12H9N3O5S. The van der Waals surface area contributed by atoms with Crippen molar-refractivity contribution >= 4 is 23.2 Å². The second kappa shape index (κ2) is 5.09. The lowest BCUT2D eigenvalue weighted by atomic mass is 10.2. The van der Waals surface area contributed by atoms with Gasteiger partial charge in [-0.15, -0.1) is 0 Å². The number of nitrogens with zero attached hydrogens (tertiary/aromatic N) is 3. The highest BCUT2D eigenvalue weighted by molar-refractivity contribution is 7.07. The van der Waals surface area contributed by atoms with Crippen LogP contribution in [0, 0.1) is 10.1 Å². The van der Waals surface area contributed by atoms with Crippen LogP contribution in [-0.2, 0) is 0 Å². The number of carboxylic acids is 1. The van der Waals surface area contributed by atoms with E-state index < -0.39 is 10.9 Å². The number of aromatic nitrogens is 2. The zero-order valence-electron chi connectivity index (χ0n) is 10.6. The molecule has 0 saturated heterocycles. The Kier molecular flexibility index (Phi) is 3.26. The maximum absolute atomic E-state index is 11.0. The minimum atomic E-state index is -1.19. The third-order valence-corrected chi connectivity index (χ3v) is 3.58. The number of benzene rings is 1. The zero-order valence-corrected chi connectivity index (χ0v) is 11.4. The highest BCUT2D eigenvalue weighted by Crippen LogP contribution is 2.40. The highest BCUT2D eigenvalue weighted by atomic mass is 32.1. The van der Waals surface area contributed by atoms with Crippen LogP contribution >= 0.6 is 11.5 Å². The van der Waals surface area contributed by atoms with Gasteiger partial charge in [0.2, 0.25) is 5.75 Å². The van der Waals surface area contributed by atoms with Crippen LogP contribution in [0.15, 0.2) is 18.2 Å². The van der Waals surface area contributed by atoms with E-state index >= 15 is 0 Å². The lowest BCUT2D eigenvalue weighted by Gasteiger charge is -2.03. The van der Waals surface area contributed by atoms with E-state index in [1.54, 1.807) is 0 Å². The fourth-order valence-corrected chi connectivity index (χ4v) is 2.37. The monoisotopic (exact) mass is 307 g/mol. The summed E-state index contributed by atoms with van der Waals surface area (Å²) >= 11 is 0.994. The summed E-state index contributed by atoms with van der Waals surface area (Å²) in [6.45, 7) is 0. The summed E-state index contributed by atoms with van der Waals surface area (Å²) in [5, 5.41) is 20.1. The first-order chi connectivity index (χ1) is 10.0. The Morgan fingerprint density at radius 1 is 1.48 bits per heavy atom. The largest absolute Gasteiger partial charge is 0.478 e. The Morgan fingerprint density at radius 2 is 2.24 bits per heavy atom. The van der Waals surface area contributed by atoms with Crippen molar-refractivity contribution < 1.29 is 19.6 Å². The van der Waals surface area contributed by atoms with Crippen LogP contribution in [-0.4, -0.2) is 25.4 Å². The van der Waals surface area contributed by atoms with E-state index in [0.29, 0.717) is 11.7 Å². The first-order valence-electron chi connectivity index (χ1n) is 6.08. The van der Waals surface area contributed by atoms with Gasteiger partial charge in [0, 0.05) is 29.6 Å². The summed E-state index contributed by atoms with van der Waals surface area (Å²) in [6, 6.07) is 3.36. The van der Waals surface area contributed by atoms with Gasteiger partial charge in [-0.25, -0.2) is 4.79 Å². The molecule has 1 heterocycles. The third kappa shape index (κ3) is 2.82. The molecule has 3 rings (SSSR count). The molecule has 0 radical (unpaired) electrons. The Hall–Kier alpha value is -2.55. The molecule has 0 bridgehead atoms.